The average molecular weight is 456 g/mol. The van der Waals surface area contributed by atoms with Crippen molar-refractivity contribution in [2.45, 2.75) is 0 Å². The third-order valence-corrected chi connectivity index (χ3v) is 5.19. The van der Waals surface area contributed by atoms with Crippen molar-refractivity contribution in [3.63, 3.8) is 0 Å². The van der Waals surface area contributed by atoms with Gasteiger partial charge in [0.15, 0.2) is 11.4 Å². The standard InChI is InChI=1S/C28H8N8/c1-33-20-11-9-19(10-12-20)25-26(22(15-31)34-2)21(14-30)24(18-7-5-17(13-29)6-8-18)27(28(25)36-4)23(16-32)35-3/h5-12H/b26-22-,27-23-. The molecule has 0 saturated carbocycles. The maximum absolute atomic E-state index is 10.3. The smallest absolute Gasteiger partial charge is 0.238 e. The van der Waals surface area contributed by atoms with Crippen LogP contribution in [0.1, 0.15) is 11.1 Å². The van der Waals surface area contributed by atoms with Crippen LogP contribution in [0.3, 0.4) is 0 Å². The summed E-state index contributed by atoms with van der Waals surface area (Å²) in [6, 6.07) is 19.5. The first-order valence-corrected chi connectivity index (χ1v) is 9.83. The van der Waals surface area contributed by atoms with Crippen LogP contribution in [0, 0.1) is 71.6 Å². The lowest BCUT2D eigenvalue weighted by atomic mass is 9.87. The van der Waals surface area contributed by atoms with Crippen LogP contribution in [0.25, 0.3) is 53.0 Å². The van der Waals surface area contributed by atoms with E-state index in [1.807, 2.05) is 12.1 Å². The Bertz CT molecular complexity index is 1710. The summed E-state index contributed by atoms with van der Waals surface area (Å²) in [6.07, 6.45) is 0. The Morgan fingerprint density at radius 3 is 1.58 bits per heavy atom. The monoisotopic (exact) mass is 456 g/mol. The Morgan fingerprint density at radius 1 is 0.611 bits per heavy atom. The quantitative estimate of drug-likeness (QED) is 0.507. The SMILES string of the molecule is [C-]#[N+]/C(C#N)=c1\c([N+]#[C-])c(-c2ccc([N+]#[C-])cc2)/c(=C(/C#N)[N+]#[C-])c(C#N)c1-c1ccc(C#N)cc1. The van der Waals surface area contributed by atoms with E-state index in [1.165, 1.54) is 48.5 Å². The molecule has 8 heteroatoms. The van der Waals surface area contributed by atoms with Gasteiger partial charge in [-0.3, -0.25) is 0 Å². The molecular weight excluding hydrogens is 448 g/mol. The number of hydrogen-bond acceptors (Lipinski definition) is 4. The fourth-order valence-corrected chi connectivity index (χ4v) is 3.69. The van der Waals surface area contributed by atoms with E-state index >= 15 is 0 Å². The van der Waals surface area contributed by atoms with Crippen LogP contribution < -0.4 is 10.4 Å². The molecule has 3 rings (SSSR count). The van der Waals surface area contributed by atoms with Gasteiger partial charge in [-0.1, -0.05) is 36.4 Å². The molecule has 0 radical (unpaired) electrons. The number of benzene rings is 3. The molecule has 0 aliphatic heterocycles. The van der Waals surface area contributed by atoms with Crippen LogP contribution in [-0.4, -0.2) is 0 Å². The van der Waals surface area contributed by atoms with Crippen LogP contribution >= 0.6 is 0 Å². The molecule has 0 saturated heterocycles. The zero-order chi connectivity index (χ0) is 26.2. The van der Waals surface area contributed by atoms with Crippen molar-refractivity contribution in [1.29, 1.82) is 21.0 Å². The largest absolute Gasteiger partial charge is 0.269 e. The first-order valence-electron chi connectivity index (χ1n) is 9.83. The van der Waals surface area contributed by atoms with Gasteiger partial charge in [0, 0.05) is 10.4 Å². The first-order chi connectivity index (χ1) is 17.5. The van der Waals surface area contributed by atoms with Crippen LogP contribution in [0.15, 0.2) is 48.5 Å². The Labute approximate surface area is 206 Å². The first kappa shape index (κ1) is 24.0. The van der Waals surface area contributed by atoms with Gasteiger partial charge in [-0.2, -0.15) is 10.5 Å². The fourth-order valence-electron chi connectivity index (χ4n) is 3.69. The van der Waals surface area contributed by atoms with Crippen molar-refractivity contribution in [1.82, 2.24) is 0 Å². The highest BCUT2D eigenvalue weighted by Crippen LogP contribution is 2.32. The van der Waals surface area contributed by atoms with E-state index in [1.54, 1.807) is 12.1 Å². The van der Waals surface area contributed by atoms with Crippen molar-refractivity contribution in [3.05, 3.63) is 116 Å². The minimum Gasteiger partial charge on any atom is -0.238 e. The second-order valence-electron chi connectivity index (χ2n) is 6.94. The Hall–Kier alpha value is -6.68. The number of nitrogens with zero attached hydrogens (tertiary/aromatic N) is 8. The van der Waals surface area contributed by atoms with Crippen LogP contribution in [0.5, 0.6) is 0 Å². The Balaban J connectivity index is 2.86. The van der Waals surface area contributed by atoms with Crippen LogP contribution in [-0.2, 0) is 0 Å². The van der Waals surface area contributed by atoms with E-state index in [0.29, 0.717) is 22.4 Å². The summed E-state index contributed by atoms with van der Waals surface area (Å²) in [5, 5.41) is 38.7. The lowest BCUT2D eigenvalue weighted by Gasteiger charge is -2.16. The molecule has 0 aromatic heterocycles. The Kier molecular flexibility index (Phi) is 6.85. The number of hydrogen-bond donors (Lipinski definition) is 0. The molecule has 0 atom stereocenters. The van der Waals surface area contributed by atoms with E-state index in [2.05, 4.69) is 19.4 Å². The second-order valence-corrected chi connectivity index (χ2v) is 6.94. The van der Waals surface area contributed by atoms with Gasteiger partial charge in [-0.15, -0.1) is 0 Å². The highest BCUT2D eigenvalue weighted by Gasteiger charge is 2.23. The number of rotatable bonds is 2. The molecule has 0 aliphatic rings. The maximum Gasteiger partial charge on any atom is 0.269 e. The molecule has 0 amide bonds. The molecule has 36 heavy (non-hydrogen) atoms. The summed E-state index contributed by atoms with van der Waals surface area (Å²) in [4.78, 5) is 13.5. The summed E-state index contributed by atoms with van der Waals surface area (Å²) in [5.41, 5.74) is 0.0699. The lowest BCUT2D eigenvalue weighted by Crippen LogP contribution is -2.24. The zero-order valence-electron chi connectivity index (χ0n) is 18.2. The van der Waals surface area contributed by atoms with Gasteiger partial charge in [0.25, 0.3) is 11.4 Å². The normalized spacial score (nSPS) is 10.9. The molecule has 0 bridgehead atoms. The van der Waals surface area contributed by atoms with E-state index < -0.39 is 11.4 Å². The van der Waals surface area contributed by atoms with Gasteiger partial charge in [0.1, 0.15) is 0 Å². The highest BCUT2D eigenvalue weighted by molar-refractivity contribution is 5.94. The van der Waals surface area contributed by atoms with Crippen molar-refractivity contribution in [3.8, 4) is 46.5 Å². The highest BCUT2D eigenvalue weighted by atomic mass is 14.7. The van der Waals surface area contributed by atoms with E-state index in [-0.39, 0.29) is 32.8 Å². The maximum atomic E-state index is 10.3. The van der Waals surface area contributed by atoms with E-state index in [9.17, 15) is 15.8 Å². The molecule has 0 aliphatic carbocycles. The lowest BCUT2D eigenvalue weighted by molar-refractivity contribution is 1.40. The molecule has 0 N–H and O–H groups in total. The number of nitriles is 4. The van der Waals surface area contributed by atoms with Crippen LogP contribution in [0.2, 0.25) is 0 Å². The second kappa shape index (κ2) is 10.3. The fraction of sp³-hybridized carbons (Fsp3) is 0. The molecule has 8 nitrogen and oxygen atoms in total. The Morgan fingerprint density at radius 2 is 1.14 bits per heavy atom. The minimum atomic E-state index is -0.455. The van der Waals surface area contributed by atoms with Crippen molar-refractivity contribution in [2.24, 2.45) is 0 Å². The van der Waals surface area contributed by atoms with Crippen molar-refractivity contribution < 1.29 is 0 Å². The molecular formula is C28H8N8. The molecule has 0 heterocycles. The predicted octanol–water partition coefficient (Wildman–Crippen LogP) is 4.97. The van der Waals surface area contributed by atoms with E-state index in [0.717, 1.165) is 0 Å². The molecule has 160 valence electrons. The average Bonchev–Trinajstić information content (AvgIpc) is 2.94. The van der Waals surface area contributed by atoms with E-state index in [4.69, 9.17) is 31.6 Å². The molecule has 3 aromatic rings. The predicted molar refractivity (Wildman–Crippen MR) is 130 cm³/mol. The van der Waals surface area contributed by atoms with Gasteiger partial charge in [0.05, 0.1) is 61.7 Å². The van der Waals surface area contributed by atoms with Gasteiger partial charge in [-0.25, -0.2) is 29.9 Å². The summed E-state index contributed by atoms with van der Waals surface area (Å²) in [5.74, 6) is 0. The van der Waals surface area contributed by atoms with Gasteiger partial charge < -0.3 is 0 Å². The van der Waals surface area contributed by atoms with Crippen LogP contribution in [0.4, 0.5) is 11.4 Å². The molecule has 0 spiro atoms. The minimum absolute atomic E-state index is 0.0356. The topological polar surface area (TPSA) is 113 Å². The summed E-state index contributed by atoms with van der Waals surface area (Å²) >= 11 is 0. The van der Waals surface area contributed by atoms with Gasteiger partial charge >= 0.3 is 0 Å². The van der Waals surface area contributed by atoms with Gasteiger partial charge in [-0.05, 0) is 34.4 Å². The van der Waals surface area contributed by atoms with Crippen molar-refractivity contribution >= 4 is 22.8 Å². The molecule has 0 fully saturated rings. The third-order valence-electron chi connectivity index (χ3n) is 5.19. The third kappa shape index (κ3) is 3.94. The zero-order valence-corrected chi connectivity index (χ0v) is 18.2. The van der Waals surface area contributed by atoms with Gasteiger partial charge in [0.2, 0.25) is 0 Å². The summed E-state index contributed by atoms with van der Waals surface area (Å²) < 4.78 is 0. The molecule has 3 aromatic carbocycles. The summed E-state index contributed by atoms with van der Waals surface area (Å²) in [7, 11) is 0. The molecule has 0 unspecified atom stereocenters. The van der Waals surface area contributed by atoms with Crippen molar-refractivity contribution in [2.75, 3.05) is 0 Å². The summed E-state index contributed by atoms with van der Waals surface area (Å²) in [6.45, 7) is 30.2.